The van der Waals surface area contributed by atoms with E-state index in [1.165, 1.54) is 4.90 Å². The number of hydrogen-bond donors (Lipinski definition) is 4. The van der Waals surface area contributed by atoms with E-state index < -0.39 is 23.9 Å². The van der Waals surface area contributed by atoms with Gasteiger partial charge in [0.05, 0.1) is 24.6 Å². The van der Waals surface area contributed by atoms with E-state index in [4.69, 9.17) is 5.73 Å². The number of aliphatic carboxylic acids is 1. The maximum absolute atomic E-state index is 12.3. The highest BCUT2D eigenvalue weighted by Gasteiger charge is 2.59. The van der Waals surface area contributed by atoms with Gasteiger partial charge in [-0.05, 0) is 18.9 Å². The van der Waals surface area contributed by atoms with Gasteiger partial charge in [0.15, 0.2) is 0 Å². The zero-order valence-corrected chi connectivity index (χ0v) is 15.0. The Balaban J connectivity index is 1.72. The molecule has 3 rings (SSSR count). The highest BCUT2D eigenvalue weighted by atomic mass is 16.4. The molecule has 9 nitrogen and oxygen atoms in total. The molecule has 5 N–H and O–H groups in total. The van der Waals surface area contributed by atoms with Crippen molar-refractivity contribution in [3.63, 3.8) is 0 Å². The van der Waals surface area contributed by atoms with Crippen LogP contribution in [0.15, 0.2) is 11.3 Å². The van der Waals surface area contributed by atoms with Crippen LogP contribution in [0.2, 0.25) is 0 Å². The van der Waals surface area contributed by atoms with Crippen molar-refractivity contribution < 1.29 is 24.6 Å². The predicted molar refractivity (Wildman–Crippen MR) is 91.7 cm³/mol. The van der Waals surface area contributed by atoms with Crippen molar-refractivity contribution in [2.75, 3.05) is 26.2 Å². The zero-order chi connectivity index (χ0) is 19.2. The maximum atomic E-state index is 12.3. The number of rotatable bonds is 7. The monoisotopic (exact) mass is 366 g/mol. The lowest BCUT2D eigenvalue weighted by Gasteiger charge is -2.46. The third kappa shape index (κ3) is 3.10. The summed E-state index contributed by atoms with van der Waals surface area (Å²) < 4.78 is 0. The number of carbonyl (C=O) groups excluding carboxylic acids is 2. The van der Waals surface area contributed by atoms with Gasteiger partial charge in [0.1, 0.15) is 5.70 Å². The van der Waals surface area contributed by atoms with Crippen LogP contribution < -0.4 is 11.1 Å². The van der Waals surface area contributed by atoms with Crippen LogP contribution in [0.4, 0.5) is 0 Å². The van der Waals surface area contributed by atoms with Gasteiger partial charge in [0, 0.05) is 31.6 Å². The van der Waals surface area contributed by atoms with Crippen molar-refractivity contribution in [3.05, 3.63) is 11.3 Å². The van der Waals surface area contributed by atoms with Crippen LogP contribution >= 0.6 is 0 Å². The number of amides is 2. The second kappa shape index (κ2) is 6.98. The normalized spacial score (nSPS) is 32.6. The molecule has 0 bridgehead atoms. The number of hydrogen-bond acceptors (Lipinski definition) is 6. The molecule has 144 valence electrons. The van der Waals surface area contributed by atoms with Crippen LogP contribution in [0.25, 0.3) is 0 Å². The average molecular weight is 366 g/mol. The molecule has 2 saturated heterocycles. The van der Waals surface area contributed by atoms with Crippen LogP contribution in [-0.2, 0) is 14.4 Å². The molecule has 3 heterocycles. The molecule has 5 atom stereocenters. The van der Waals surface area contributed by atoms with E-state index >= 15 is 0 Å². The molecule has 26 heavy (non-hydrogen) atoms. The Kier molecular flexibility index (Phi) is 5.05. The maximum Gasteiger partial charge on any atom is 0.352 e. The molecule has 0 aromatic carbocycles. The molecule has 5 unspecified atom stereocenters. The first kappa shape index (κ1) is 18.8. The van der Waals surface area contributed by atoms with E-state index in [-0.39, 0.29) is 36.2 Å². The van der Waals surface area contributed by atoms with Crippen molar-refractivity contribution in [1.29, 1.82) is 0 Å². The summed E-state index contributed by atoms with van der Waals surface area (Å²) in [6, 6.07) is -0.146. The summed E-state index contributed by atoms with van der Waals surface area (Å²) in [5, 5.41) is 22.6. The summed E-state index contributed by atoms with van der Waals surface area (Å²) >= 11 is 0. The SMILES string of the molecule is CC(O)C1C(=O)N2C(C(=O)O)=C(CN3CCC(NCC(N)=O)C3)C(C)C12. The van der Waals surface area contributed by atoms with Gasteiger partial charge in [-0.1, -0.05) is 6.92 Å². The quantitative estimate of drug-likeness (QED) is 0.396. The number of primary amides is 1. The first-order chi connectivity index (χ1) is 12.2. The Morgan fingerprint density at radius 1 is 1.42 bits per heavy atom. The van der Waals surface area contributed by atoms with Crippen molar-refractivity contribution in [3.8, 4) is 0 Å². The predicted octanol–water partition coefficient (Wildman–Crippen LogP) is -1.67. The average Bonchev–Trinajstić information content (AvgIpc) is 3.08. The molecule has 0 aromatic heterocycles. The smallest absolute Gasteiger partial charge is 0.352 e. The molecule has 2 fully saturated rings. The molecule has 3 aliphatic rings. The van der Waals surface area contributed by atoms with Crippen molar-refractivity contribution in [1.82, 2.24) is 15.1 Å². The molecule has 0 aromatic rings. The van der Waals surface area contributed by atoms with Crippen LogP contribution in [0.1, 0.15) is 20.3 Å². The minimum Gasteiger partial charge on any atom is -0.477 e. The Morgan fingerprint density at radius 2 is 2.12 bits per heavy atom. The molecule has 0 spiro atoms. The van der Waals surface area contributed by atoms with Gasteiger partial charge in [-0.25, -0.2) is 4.79 Å². The Bertz CT molecular complexity index is 662. The summed E-state index contributed by atoms with van der Waals surface area (Å²) in [5.41, 5.74) is 5.95. The van der Waals surface area contributed by atoms with Crippen molar-refractivity contribution >= 4 is 17.8 Å². The van der Waals surface area contributed by atoms with Crippen molar-refractivity contribution in [2.24, 2.45) is 17.6 Å². The highest BCUT2D eigenvalue weighted by molar-refractivity contribution is 6.00. The highest BCUT2D eigenvalue weighted by Crippen LogP contribution is 2.47. The van der Waals surface area contributed by atoms with Gasteiger partial charge in [-0.3, -0.25) is 14.5 Å². The summed E-state index contributed by atoms with van der Waals surface area (Å²) in [5.74, 6) is -2.48. The third-order valence-electron chi connectivity index (χ3n) is 5.75. The van der Waals surface area contributed by atoms with Gasteiger partial charge in [-0.15, -0.1) is 0 Å². The third-order valence-corrected chi connectivity index (χ3v) is 5.75. The molecule has 0 radical (unpaired) electrons. The number of fused-ring (bicyclic) bond motifs is 1. The second-order valence-corrected chi connectivity index (χ2v) is 7.50. The number of aliphatic hydroxyl groups excluding tert-OH is 1. The largest absolute Gasteiger partial charge is 0.477 e. The molecule has 0 saturated carbocycles. The lowest BCUT2D eigenvalue weighted by Crippen LogP contribution is -2.63. The number of carbonyl (C=O) groups is 3. The fourth-order valence-corrected chi connectivity index (χ4v) is 4.48. The van der Waals surface area contributed by atoms with E-state index in [9.17, 15) is 24.6 Å². The molecule has 0 aliphatic carbocycles. The number of nitrogens with one attached hydrogen (secondary N) is 1. The first-order valence-corrected chi connectivity index (χ1v) is 8.93. The number of nitrogens with two attached hydrogens (primary N) is 1. The minimum absolute atomic E-state index is 0.0675. The fraction of sp³-hybridized carbons (Fsp3) is 0.706. The summed E-state index contributed by atoms with van der Waals surface area (Å²) in [6.07, 6.45) is 0.0504. The molecular formula is C17H26N4O5. The van der Waals surface area contributed by atoms with Crippen LogP contribution in [0.3, 0.4) is 0 Å². The van der Waals surface area contributed by atoms with E-state index in [0.717, 1.165) is 18.5 Å². The molecule has 2 amide bonds. The molecule has 3 aliphatic heterocycles. The Morgan fingerprint density at radius 3 is 2.69 bits per heavy atom. The number of β-lactam (4-membered cyclic amide) rings is 1. The van der Waals surface area contributed by atoms with E-state index in [1.54, 1.807) is 6.92 Å². The van der Waals surface area contributed by atoms with Crippen LogP contribution in [0.5, 0.6) is 0 Å². The number of likely N-dealkylation sites (tertiary alicyclic amines) is 1. The Labute approximate surface area is 151 Å². The standard InChI is InChI=1S/C17H26N4O5/c1-8-11(7-20-4-3-10(6-20)19-5-12(18)23)15(17(25)26)21-14(8)13(9(2)22)16(21)24/h8-10,13-14,19,22H,3-7H2,1-2H3,(H2,18,23)(H,25,26). The lowest BCUT2D eigenvalue weighted by molar-refractivity contribution is -0.163. The Hall–Kier alpha value is -1.97. The summed E-state index contributed by atoms with van der Waals surface area (Å²) in [7, 11) is 0. The summed E-state index contributed by atoms with van der Waals surface area (Å²) in [4.78, 5) is 38.5. The van der Waals surface area contributed by atoms with E-state index in [2.05, 4.69) is 10.2 Å². The lowest BCUT2D eigenvalue weighted by atomic mass is 9.77. The number of nitrogens with zero attached hydrogens (tertiary/aromatic N) is 2. The molecule has 9 heteroatoms. The van der Waals surface area contributed by atoms with Crippen molar-refractivity contribution in [2.45, 2.75) is 38.5 Å². The van der Waals surface area contributed by atoms with E-state index in [1.807, 2.05) is 6.92 Å². The first-order valence-electron chi connectivity index (χ1n) is 8.93. The van der Waals surface area contributed by atoms with Crippen LogP contribution in [-0.4, -0.2) is 82.2 Å². The summed E-state index contributed by atoms with van der Waals surface area (Å²) in [6.45, 7) is 5.54. The van der Waals surface area contributed by atoms with Gasteiger partial charge in [-0.2, -0.15) is 0 Å². The number of carboxylic acid groups (broad SMARTS) is 1. The number of aliphatic hydroxyl groups is 1. The fourth-order valence-electron chi connectivity index (χ4n) is 4.48. The minimum atomic E-state index is -1.10. The van der Waals surface area contributed by atoms with E-state index in [0.29, 0.717) is 13.1 Å². The van der Waals surface area contributed by atoms with Gasteiger partial charge < -0.3 is 26.2 Å². The van der Waals surface area contributed by atoms with Gasteiger partial charge >= 0.3 is 5.97 Å². The van der Waals surface area contributed by atoms with Crippen LogP contribution in [0, 0.1) is 11.8 Å². The molecular weight excluding hydrogens is 340 g/mol. The zero-order valence-electron chi connectivity index (χ0n) is 15.0. The van der Waals surface area contributed by atoms with Gasteiger partial charge in [0.25, 0.3) is 0 Å². The van der Waals surface area contributed by atoms with Gasteiger partial charge in [0.2, 0.25) is 11.8 Å². The number of carboxylic acids is 1. The second-order valence-electron chi connectivity index (χ2n) is 7.50. The topological polar surface area (TPSA) is 136 Å².